The van der Waals surface area contributed by atoms with E-state index in [9.17, 15) is 4.79 Å². The number of amides is 1. The van der Waals surface area contributed by atoms with Gasteiger partial charge in [0, 0.05) is 14.8 Å². The van der Waals surface area contributed by atoms with Crippen LogP contribution in [0.5, 0.6) is 0 Å². The Kier molecular flexibility index (Phi) is 5.20. The summed E-state index contributed by atoms with van der Waals surface area (Å²) in [4.78, 5) is 18.0. The van der Waals surface area contributed by atoms with Crippen molar-refractivity contribution >= 4 is 63.7 Å². The number of rotatable bonds is 4. The predicted molar refractivity (Wildman–Crippen MR) is 123 cm³/mol. The van der Waals surface area contributed by atoms with Gasteiger partial charge in [-0.1, -0.05) is 53.3 Å². The smallest absolute Gasteiger partial charge is 0.242 e. The summed E-state index contributed by atoms with van der Waals surface area (Å²) in [6.07, 6.45) is 0. The zero-order chi connectivity index (χ0) is 20.7. The van der Waals surface area contributed by atoms with Crippen LogP contribution in [0.15, 0.2) is 74.9 Å². The van der Waals surface area contributed by atoms with Gasteiger partial charge in [-0.15, -0.1) is 21.5 Å². The van der Waals surface area contributed by atoms with E-state index in [1.165, 1.54) is 27.8 Å². The van der Waals surface area contributed by atoms with Gasteiger partial charge >= 0.3 is 0 Å². The van der Waals surface area contributed by atoms with Gasteiger partial charge in [0.05, 0.1) is 22.0 Å². The van der Waals surface area contributed by atoms with Crippen LogP contribution in [0, 0.1) is 0 Å². The molecule has 2 aromatic heterocycles. The number of nitrogens with two attached hydrogens (primary N) is 1. The van der Waals surface area contributed by atoms with Crippen LogP contribution in [-0.4, -0.2) is 26.5 Å². The lowest BCUT2D eigenvalue weighted by atomic mass is 10.2. The first kappa shape index (κ1) is 19.5. The Balaban J connectivity index is 1.43. The summed E-state index contributed by atoms with van der Waals surface area (Å²) >= 11 is 10.6. The molecule has 1 aliphatic rings. The highest BCUT2D eigenvalue weighted by Crippen LogP contribution is 2.49. The summed E-state index contributed by atoms with van der Waals surface area (Å²) in [6, 6.07) is 17.3. The van der Waals surface area contributed by atoms with E-state index in [0.29, 0.717) is 16.0 Å². The summed E-state index contributed by atoms with van der Waals surface area (Å²) < 4.78 is 1.43. The summed E-state index contributed by atoms with van der Waals surface area (Å²) in [7, 11) is 0. The van der Waals surface area contributed by atoms with E-state index in [0.717, 1.165) is 26.0 Å². The molecule has 0 fully saturated rings. The van der Waals surface area contributed by atoms with E-state index in [1.54, 1.807) is 16.7 Å². The van der Waals surface area contributed by atoms with Crippen molar-refractivity contribution in [2.75, 3.05) is 16.5 Å². The predicted octanol–water partition coefficient (Wildman–Crippen LogP) is 5.30. The van der Waals surface area contributed by atoms with E-state index in [-0.39, 0.29) is 11.7 Å². The highest BCUT2D eigenvalue weighted by Gasteiger charge is 2.28. The number of benzene rings is 2. The number of nitrogen functional groups attached to an aromatic ring is 1. The molecule has 5 rings (SSSR count). The van der Waals surface area contributed by atoms with E-state index in [2.05, 4.69) is 10.2 Å². The number of carbonyl (C=O) groups is 1. The van der Waals surface area contributed by atoms with Crippen molar-refractivity contribution in [3.05, 3.63) is 65.0 Å². The topological polar surface area (TPSA) is 77.0 Å². The zero-order valence-electron chi connectivity index (χ0n) is 15.4. The van der Waals surface area contributed by atoms with E-state index < -0.39 is 0 Å². The minimum Gasteiger partial charge on any atom is -0.335 e. The molecule has 0 spiro atoms. The largest absolute Gasteiger partial charge is 0.335 e. The number of fused-ring (bicyclic) bond motifs is 2. The maximum atomic E-state index is 13.3. The van der Waals surface area contributed by atoms with Crippen LogP contribution in [-0.2, 0) is 4.79 Å². The van der Waals surface area contributed by atoms with Gasteiger partial charge in [-0.25, -0.2) is 4.68 Å². The molecule has 0 saturated heterocycles. The minimum atomic E-state index is -0.0862. The molecule has 0 atom stereocenters. The number of aromatic nitrogens is 3. The fraction of sp³-hybridized carbons (Fsp3) is 0.0500. The second-order valence-corrected chi connectivity index (χ2v) is 9.76. The number of thiophene rings is 1. The number of halogens is 1. The number of anilines is 2. The molecule has 0 saturated carbocycles. The van der Waals surface area contributed by atoms with Crippen molar-refractivity contribution in [1.82, 2.24) is 14.9 Å². The molecule has 0 bridgehead atoms. The fourth-order valence-corrected chi connectivity index (χ4v) is 5.75. The molecular formula is C20H14ClN5OS3. The summed E-state index contributed by atoms with van der Waals surface area (Å²) in [6.45, 7) is 0. The second kappa shape index (κ2) is 7.99. The molecule has 30 heavy (non-hydrogen) atoms. The standard InChI is InChI=1S/C20H14ClN5OS3/c21-12-7-8-16-14(10-12)25(13-4-1-2-5-15(13)30-16)18(27)11-29-20-24-23-19(26(20)22)17-6-3-9-28-17/h1-10H,11,22H2. The van der Waals surface area contributed by atoms with Crippen LogP contribution in [0.3, 0.4) is 0 Å². The first-order chi connectivity index (χ1) is 14.6. The van der Waals surface area contributed by atoms with Crippen LogP contribution in [0.4, 0.5) is 11.4 Å². The monoisotopic (exact) mass is 471 g/mol. The number of para-hydroxylation sites is 1. The van der Waals surface area contributed by atoms with Crippen LogP contribution in [0.1, 0.15) is 0 Å². The number of hydrogen-bond donors (Lipinski definition) is 1. The third kappa shape index (κ3) is 3.47. The van der Waals surface area contributed by atoms with Crippen molar-refractivity contribution in [3.8, 4) is 10.7 Å². The van der Waals surface area contributed by atoms with Gasteiger partial charge in [-0.3, -0.25) is 9.69 Å². The molecule has 10 heteroatoms. The summed E-state index contributed by atoms with van der Waals surface area (Å²) in [5.41, 5.74) is 1.63. The number of carbonyl (C=O) groups excluding carboxylic acids is 1. The summed E-state index contributed by atoms with van der Waals surface area (Å²) in [5, 5.41) is 11.3. The molecule has 2 aromatic carbocycles. The average molecular weight is 472 g/mol. The maximum absolute atomic E-state index is 13.3. The molecule has 0 radical (unpaired) electrons. The quantitative estimate of drug-likeness (QED) is 0.321. The Morgan fingerprint density at radius 1 is 1.07 bits per heavy atom. The lowest BCUT2D eigenvalue weighted by molar-refractivity contribution is -0.115. The third-order valence-corrected chi connectivity index (χ3v) is 7.63. The summed E-state index contributed by atoms with van der Waals surface area (Å²) in [5.74, 6) is 6.82. The Morgan fingerprint density at radius 2 is 1.90 bits per heavy atom. The van der Waals surface area contributed by atoms with Gasteiger partial charge in [0.15, 0.2) is 5.82 Å². The molecule has 0 unspecified atom stereocenters. The first-order valence-corrected chi connectivity index (χ1v) is 11.9. The third-order valence-electron chi connectivity index (χ3n) is 4.47. The Hall–Kier alpha value is -2.46. The number of nitrogens with zero attached hydrogens (tertiary/aromatic N) is 4. The molecule has 1 amide bonds. The second-order valence-electron chi connectivity index (χ2n) is 6.35. The minimum absolute atomic E-state index is 0.0862. The normalized spacial score (nSPS) is 12.5. The number of thioether (sulfide) groups is 1. The molecule has 4 aromatic rings. The van der Waals surface area contributed by atoms with Gasteiger partial charge in [-0.05, 0) is 41.8 Å². The Morgan fingerprint density at radius 3 is 2.73 bits per heavy atom. The zero-order valence-corrected chi connectivity index (χ0v) is 18.6. The molecule has 3 heterocycles. The maximum Gasteiger partial charge on any atom is 0.242 e. The number of hydrogen-bond acceptors (Lipinski definition) is 7. The Bertz CT molecular complexity index is 1240. The molecular weight excluding hydrogens is 458 g/mol. The van der Waals surface area contributed by atoms with Gasteiger partial charge in [0.1, 0.15) is 0 Å². The highest BCUT2D eigenvalue weighted by molar-refractivity contribution is 8.00. The molecule has 6 nitrogen and oxygen atoms in total. The molecule has 1 aliphatic heterocycles. The molecule has 0 aliphatic carbocycles. The van der Waals surface area contributed by atoms with Crippen LogP contribution < -0.4 is 10.7 Å². The van der Waals surface area contributed by atoms with Crippen molar-refractivity contribution in [2.24, 2.45) is 0 Å². The van der Waals surface area contributed by atoms with Crippen LogP contribution >= 0.6 is 46.5 Å². The fourth-order valence-electron chi connectivity index (χ4n) is 3.14. The SMILES string of the molecule is Nn1c(SCC(=O)N2c3ccccc3Sc3ccc(Cl)cc32)nnc1-c1cccs1. The van der Waals surface area contributed by atoms with Crippen LogP contribution in [0.25, 0.3) is 10.7 Å². The van der Waals surface area contributed by atoms with E-state index in [4.69, 9.17) is 17.4 Å². The Labute approximate surface area is 190 Å². The molecule has 2 N–H and O–H groups in total. The highest BCUT2D eigenvalue weighted by atomic mass is 35.5. The van der Waals surface area contributed by atoms with E-state index >= 15 is 0 Å². The van der Waals surface area contributed by atoms with Crippen molar-refractivity contribution in [1.29, 1.82) is 0 Å². The van der Waals surface area contributed by atoms with Crippen molar-refractivity contribution < 1.29 is 4.79 Å². The van der Waals surface area contributed by atoms with Gasteiger partial charge in [0.2, 0.25) is 11.1 Å². The van der Waals surface area contributed by atoms with Gasteiger partial charge in [-0.2, -0.15) is 0 Å². The van der Waals surface area contributed by atoms with Crippen molar-refractivity contribution in [3.63, 3.8) is 0 Å². The van der Waals surface area contributed by atoms with E-state index in [1.807, 2.05) is 60.0 Å². The lowest BCUT2D eigenvalue weighted by Gasteiger charge is -2.31. The average Bonchev–Trinajstić information content (AvgIpc) is 3.40. The lowest BCUT2D eigenvalue weighted by Crippen LogP contribution is -2.30. The van der Waals surface area contributed by atoms with Crippen LogP contribution in [0.2, 0.25) is 5.02 Å². The first-order valence-electron chi connectivity index (χ1n) is 8.88. The van der Waals surface area contributed by atoms with Gasteiger partial charge in [0.25, 0.3) is 0 Å². The van der Waals surface area contributed by atoms with Gasteiger partial charge < -0.3 is 5.84 Å². The van der Waals surface area contributed by atoms with Crippen molar-refractivity contribution in [2.45, 2.75) is 14.9 Å². The molecule has 150 valence electrons.